The Kier molecular flexibility index (Phi) is 4.62. The maximum absolute atomic E-state index is 13.4. The number of aromatic hydroxyl groups is 1. The van der Waals surface area contributed by atoms with Gasteiger partial charge in [0, 0.05) is 17.6 Å². The summed E-state index contributed by atoms with van der Waals surface area (Å²) in [5, 5.41) is 9.54. The van der Waals surface area contributed by atoms with Crippen LogP contribution in [0.1, 0.15) is 23.1 Å². The Balaban J connectivity index is 1.88. The molecule has 0 heterocycles. The summed E-state index contributed by atoms with van der Waals surface area (Å²) in [5.41, 5.74) is 4.59. The van der Waals surface area contributed by atoms with E-state index in [4.69, 9.17) is 9.47 Å². The second-order valence-corrected chi connectivity index (χ2v) is 6.60. The molecule has 0 fully saturated rings. The van der Waals surface area contributed by atoms with Crippen LogP contribution < -0.4 is 9.47 Å². The molecule has 0 bridgehead atoms. The first-order valence-electron chi connectivity index (χ1n) is 8.87. The zero-order valence-electron chi connectivity index (χ0n) is 15.4. The molecule has 3 aromatic rings. The van der Waals surface area contributed by atoms with E-state index in [2.05, 4.69) is 6.58 Å². The Hall–Kier alpha value is -3.53. The molecule has 0 unspecified atom stereocenters. The van der Waals surface area contributed by atoms with Gasteiger partial charge in [-0.1, -0.05) is 18.7 Å². The first kappa shape index (κ1) is 17.9. The molecule has 3 nitrogen and oxygen atoms in total. The molecular formula is C24H19FO3. The number of allylic oxidation sites excluding steroid dienone is 2. The highest BCUT2D eigenvalue weighted by atomic mass is 19.1. The lowest BCUT2D eigenvalue weighted by atomic mass is 9.84. The molecule has 0 spiro atoms. The van der Waals surface area contributed by atoms with Gasteiger partial charge in [0.05, 0.1) is 7.11 Å². The summed E-state index contributed by atoms with van der Waals surface area (Å²) in [4.78, 5) is 0. The lowest BCUT2D eigenvalue weighted by Crippen LogP contribution is -2.09. The fraction of sp³-hybridized carbons (Fsp3) is 0.0833. The van der Waals surface area contributed by atoms with Crippen molar-refractivity contribution in [1.82, 2.24) is 0 Å². The van der Waals surface area contributed by atoms with Crippen LogP contribution in [0.5, 0.6) is 17.2 Å². The second kappa shape index (κ2) is 7.24. The van der Waals surface area contributed by atoms with Crippen molar-refractivity contribution in [2.24, 2.45) is 0 Å². The number of ether oxygens (including phenoxy) is 2. The van der Waals surface area contributed by atoms with Gasteiger partial charge in [0.1, 0.15) is 28.8 Å². The van der Waals surface area contributed by atoms with Gasteiger partial charge in [-0.3, -0.25) is 0 Å². The van der Waals surface area contributed by atoms with Crippen molar-refractivity contribution >= 4 is 16.9 Å². The van der Waals surface area contributed by atoms with E-state index in [-0.39, 0.29) is 11.6 Å². The van der Waals surface area contributed by atoms with E-state index in [1.807, 2.05) is 18.2 Å². The normalized spacial score (nSPS) is 13.3. The Morgan fingerprint density at radius 1 is 0.893 bits per heavy atom. The van der Waals surface area contributed by atoms with Crippen molar-refractivity contribution in [2.75, 3.05) is 7.11 Å². The molecule has 0 atom stereocenters. The monoisotopic (exact) mass is 374 g/mol. The van der Waals surface area contributed by atoms with Crippen molar-refractivity contribution in [2.45, 2.75) is 6.42 Å². The van der Waals surface area contributed by atoms with Crippen LogP contribution in [-0.2, 0) is 0 Å². The molecule has 4 heteroatoms. The van der Waals surface area contributed by atoms with Crippen LogP contribution >= 0.6 is 0 Å². The fourth-order valence-electron chi connectivity index (χ4n) is 3.33. The van der Waals surface area contributed by atoms with Crippen molar-refractivity contribution in [3.05, 3.63) is 95.8 Å². The van der Waals surface area contributed by atoms with Crippen LogP contribution in [-0.4, -0.2) is 12.2 Å². The van der Waals surface area contributed by atoms with Crippen molar-refractivity contribution < 1.29 is 19.0 Å². The number of benzene rings is 3. The molecule has 0 aromatic heterocycles. The van der Waals surface area contributed by atoms with Crippen molar-refractivity contribution in [3.8, 4) is 17.2 Å². The van der Waals surface area contributed by atoms with Crippen LogP contribution in [0.3, 0.4) is 0 Å². The average Bonchev–Trinajstić information content (AvgIpc) is 2.72. The van der Waals surface area contributed by atoms with Gasteiger partial charge < -0.3 is 14.6 Å². The Labute approximate surface area is 163 Å². The van der Waals surface area contributed by atoms with Gasteiger partial charge in [-0.05, 0) is 71.3 Å². The molecule has 0 saturated heterocycles. The summed E-state index contributed by atoms with van der Waals surface area (Å²) in [5.74, 6) is 1.91. The minimum absolute atomic E-state index is 0.169. The zero-order valence-corrected chi connectivity index (χ0v) is 15.4. The van der Waals surface area contributed by atoms with E-state index >= 15 is 0 Å². The molecule has 4 rings (SSSR count). The number of hydrogen-bond acceptors (Lipinski definition) is 3. The van der Waals surface area contributed by atoms with Crippen molar-refractivity contribution in [1.29, 1.82) is 0 Å². The standard InChI is InChI=1S/C24H19FO3/c1-15-13-23(16-3-5-17(25)6-4-16)24(28-19-9-7-18(26)8-10-19)21-12-11-20(27-2)14-22(15)21/h3-12,14,26H,1,13H2,2H3. The summed E-state index contributed by atoms with van der Waals surface area (Å²) in [6.07, 6.45) is 0.569. The number of phenolic OH excluding ortho intramolecular Hbond substituents is 1. The quantitative estimate of drug-likeness (QED) is 0.617. The van der Waals surface area contributed by atoms with E-state index in [0.717, 1.165) is 33.6 Å². The highest BCUT2D eigenvalue weighted by Gasteiger charge is 2.25. The predicted octanol–water partition coefficient (Wildman–Crippen LogP) is 5.90. The van der Waals surface area contributed by atoms with Gasteiger partial charge in [0.2, 0.25) is 0 Å². The first-order chi connectivity index (χ1) is 13.5. The number of halogens is 1. The maximum atomic E-state index is 13.4. The van der Waals surface area contributed by atoms with E-state index in [1.54, 1.807) is 43.5 Å². The van der Waals surface area contributed by atoms with Gasteiger partial charge in [0.25, 0.3) is 0 Å². The van der Waals surface area contributed by atoms with E-state index in [1.165, 1.54) is 12.1 Å². The van der Waals surface area contributed by atoms with Crippen molar-refractivity contribution in [3.63, 3.8) is 0 Å². The number of rotatable bonds is 4. The highest BCUT2D eigenvalue weighted by Crippen LogP contribution is 2.43. The van der Waals surface area contributed by atoms with Crippen LogP contribution in [0.15, 0.2) is 73.3 Å². The molecule has 0 saturated carbocycles. The minimum Gasteiger partial charge on any atom is -0.508 e. The topological polar surface area (TPSA) is 38.7 Å². The second-order valence-electron chi connectivity index (χ2n) is 6.60. The van der Waals surface area contributed by atoms with Crippen LogP contribution in [0.2, 0.25) is 0 Å². The van der Waals surface area contributed by atoms with Gasteiger partial charge in [0.15, 0.2) is 0 Å². The molecule has 140 valence electrons. The van der Waals surface area contributed by atoms with Gasteiger partial charge in [-0.2, -0.15) is 0 Å². The maximum Gasteiger partial charge on any atom is 0.139 e. The molecular weight excluding hydrogens is 355 g/mol. The molecule has 0 amide bonds. The average molecular weight is 374 g/mol. The molecule has 0 radical (unpaired) electrons. The van der Waals surface area contributed by atoms with Gasteiger partial charge in [-0.25, -0.2) is 4.39 Å². The Morgan fingerprint density at radius 2 is 1.57 bits per heavy atom. The first-order valence-corrected chi connectivity index (χ1v) is 8.87. The number of methoxy groups -OCH3 is 1. The minimum atomic E-state index is -0.287. The predicted molar refractivity (Wildman–Crippen MR) is 109 cm³/mol. The van der Waals surface area contributed by atoms with E-state index in [0.29, 0.717) is 17.9 Å². The van der Waals surface area contributed by atoms with Gasteiger partial charge >= 0.3 is 0 Å². The van der Waals surface area contributed by atoms with Crippen LogP contribution in [0.4, 0.5) is 4.39 Å². The van der Waals surface area contributed by atoms with Gasteiger partial charge in [-0.15, -0.1) is 0 Å². The third-order valence-electron chi connectivity index (χ3n) is 4.77. The molecule has 1 N–H and O–H groups in total. The molecule has 1 aliphatic carbocycles. The SMILES string of the molecule is C=C1CC(c2ccc(F)cc2)=C(Oc2ccc(O)cc2)c2ccc(OC)cc21. The Bertz CT molecular complexity index is 1060. The smallest absolute Gasteiger partial charge is 0.139 e. The summed E-state index contributed by atoms with van der Waals surface area (Å²) >= 11 is 0. The fourth-order valence-corrected chi connectivity index (χ4v) is 3.33. The number of fused-ring (bicyclic) bond motifs is 1. The zero-order chi connectivity index (χ0) is 19.7. The highest BCUT2D eigenvalue weighted by molar-refractivity contribution is 6.00. The Morgan fingerprint density at radius 3 is 2.25 bits per heavy atom. The molecule has 1 aliphatic rings. The molecule has 3 aromatic carbocycles. The lowest BCUT2D eigenvalue weighted by Gasteiger charge is -2.26. The third kappa shape index (κ3) is 3.37. The lowest BCUT2D eigenvalue weighted by molar-refractivity contribution is 0.414. The summed E-state index contributed by atoms with van der Waals surface area (Å²) in [6, 6.07) is 18.7. The van der Waals surface area contributed by atoms with E-state index in [9.17, 15) is 9.50 Å². The van der Waals surface area contributed by atoms with Crippen LogP contribution in [0, 0.1) is 5.82 Å². The largest absolute Gasteiger partial charge is 0.508 e. The summed E-state index contributed by atoms with van der Waals surface area (Å²) in [7, 11) is 1.63. The summed E-state index contributed by atoms with van der Waals surface area (Å²) < 4.78 is 25.0. The molecule has 0 aliphatic heterocycles. The summed E-state index contributed by atoms with van der Waals surface area (Å²) in [6.45, 7) is 4.22. The van der Waals surface area contributed by atoms with Crippen LogP contribution in [0.25, 0.3) is 16.9 Å². The number of hydrogen-bond donors (Lipinski definition) is 1. The number of phenols is 1. The molecule has 28 heavy (non-hydrogen) atoms. The van der Waals surface area contributed by atoms with E-state index < -0.39 is 0 Å². The third-order valence-corrected chi connectivity index (χ3v) is 4.77.